The van der Waals surface area contributed by atoms with E-state index in [1.165, 1.54) is 17.7 Å². The van der Waals surface area contributed by atoms with Crippen LogP contribution in [0.5, 0.6) is 0 Å². The van der Waals surface area contributed by atoms with Crippen LogP contribution >= 0.6 is 22.9 Å². The van der Waals surface area contributed by atoms with E-state index in [0.717, 1.165) is 66.4 Å². The number of rotatable bonds is 7. The number of amides is 2. The van der Waals surface area contributed by atoms with Crippen LogP contribution in [0.3, 0.4) is 0 Å². The van der Waals surface area contributed by atoms with Crippen LogP contribution in [0.4, 0.5) is 0 Å². The molecule has 5 rings (SSSR count). The van der Waals surface area contributed by atoms with Crippen LogP contribution in [0.2, 0.25) is 5.02 Å². The second-order valence-corrected chi connectivity index (χ2v) is 14.2. The first-order valence-electron chi connectivity index (χ1n) is 13.2. The van der Waals surface area contributed by atoms with E-state index in [9.17, 15) is 18.0 Å². The molecular weight excluding hydrogens is 532 g/mol. The van der Waals surface area contributed by atoms with Crippen LogP contribution in [0.25, 0.3) is 10.1 Å². The smallest absolute Gasteiger partial charge is 0.250 e. The Morgan fingerprint density at radius 3 is 2.62 bits per heavy atom. The monoisotopic (exact) mass is 566 g/mol. The van der Waals surface area contributed by atoms with Gasteiger partial charge in [0, 0.05) is 35.4 Å². The Labute approximate surface area is 228 Å². The Kier molecular flexibility index (Phi) is 8.12. The summed E-state index contributed by atoms with van der Waals surface area (Å²) in [7, 11) is -3.89. The summed E-state index contributed by atoms with van der Waals surface area (Å²) < 4.78 is 29.8. The molecule has 37 heavy (non-hydrogen) atoms. The molecule has 0 radical (unpaired) electrons. The molecule has 0 aliphatic carbocycles. The largest absolute Gasteiger partial charge is 0.337 e. The number of thiophene rings is 1. The number of hydrogen-bond donors (Lipinski definition) is 1. The van der Waals surface area contributed by atoms with Gasteiger partial charge in [-0.15, -0.1) is 11.3 Å². The summed E-state index contributed by atoms with van der Waals surface area (Å²) in [6, 6.07) is 6.14. The maximum absolute atomic E-state index is 13.3. The standard InChI is InChI=1S/C26H35ClN4O4S2/c1-18-8-12-29(13-9-18)16-21-4-2-11-31(21)24(32)17-30-10-3-5-22(26(30)33)28-37(34,35)25-15-19-14-20(27)6-7-23(19)36-25/h6-7,14-15,18,21-22,28H,2-5,8-13,16-17H2,1H3. The summed E-state index contributed by atoms with van der Waals surface area (Å²) in [5.41, 5.74) is 0. The van der Waals surface area contributed by atoms with E-state index in [0.29, 0.717) is 24.4 Å². The third-order valence-corrected chi connectivity index (χ3v) is 11.2. The molecule has 2 amide bonds. The molecule has 0 saturated carbocycles. The molecule has 2 unspecified atom stereocenters. The molecule has 3 aliphatic heterocycles. The quantitative estimate of drug-likeness (QED) is 0.553. The highest BCUT2D eigenvalue weighted by molar-refractivity contribution is 7.91. The van der Waals surface area contributed by atoms with Gasteiger partial charge < -0.3 is 14.7 Å². The Balaban J connectivity index is 1.20. The van der Waals surface area contributed by atoms with Crippen molar-refractivity contribution in [3.05, 3.63) is 29.3 Å². The number of nitrogens with one attached hydrogen (secondary N) is 1. The van der Waals surface area contributed by atoms with Crippen molar-refractivity contribution in [3.8, 4) is 0 Å². The van der Waals surface area contributed by atoms with Gasteiger partial charge in [0.1, 0.15) is 10.3 Å². The number of hydrogen-bond acceptors (Lipinski definition) is 6. The van der Waals surface area contributed by atoms with Crippen molar-refractivity contribution in [2.75, 3.05) is 39.3 Å². The van der Waals surface area contributed by atoms with Gasteiger partial charge in [-0.3, -0.25) is 9.59 Å². The molecule has 3 saturated heterocycles. The lowest BCUT2D eigenvalue weighted by Gasteiger charge is -2.36. The normalized spacial score (nSPS) is 24.3. The lowest BCUT2D eigenvalue weighted by atomic mass is 9.98. The molecule has 1 aromatic heterocycles. The van der Waals surface area contributed by atoms with Gasteiger partial charge in [-0.1, -0.05) is 18.5 Å². The molecule has 2 aromatic rings. The highest BCUT2D eigenvalue weighted by Crippen LogP contribution is 2.31. The summed E-state index contributed by atoms with van der Waals surface area (Å²) in [6.45, 7) is 6.55. The van der Waals surface area contributed by atoms with Crippen LogP contribution in [0.1, 0.15) is 45.4 Å². The zero-order chi connectivity index (χ0) is 26.2. The second kappa shape index (κ2) is 11.2. The summed E-state index contributed by atoms with van der Waals surface area (Å²) in [4.78, 5) is 32.4. The summed E-state index contributed by atoms with van der Waals surface area (Å²) >= 11 is 7.19. The Hall–Kier alpha value is -1.72. The minimum absolute atomic E-state index is 0.00593. The van der Waals surface area contributed by atoms with Crippen molar-refractivity contribution in [2.45, 2.75) is 61.7 Å². The molecule has 1 N–H and O–H groups in total. The molecule has 11 heteroatoms. The van der Waals surface area contributed by atoms with Gasteiger partial charge in [0.2, 0.25) is 11.8 Å². The van der Waals surface area contributed by atoms with Crippen molar-refractivity contribution >= 4 is 54.9 Å². The van der Waals surface area contributed by atoms with Crippen LogP contribution < -0.4 is 4.72 Å². The lowest BCUT2D eigenvalue weighted by Crippen LogP contribution is -2.55. The van der Waals surface area contributed by atoms with E-state index in [1.54, 1.807) is 24.3 Å². The molecule has 1 aromatic carbocycles. The highest BCUT2D eigenvalue weighted by Gasteiger charge is 2.37. The van der Waals surface area contributed by atoms with E-state index in [4.69, 9.17) is 11.6 Å². The maximum Gasteiger partial charge on any atom is 0.250 e. The molecule has 3 fully saturated rings. The van der Waals surface area contributed by atoms with Crippen molar-refractivity contribution in [1.82, 2.24) is 19.4 Å². The Morgan fingerprint density at radius 2 is 1.84 bits per heavy atom. The van der Waals surface area contributed by atoms with Gasteiger partial charge in [-0.05, 0) is 87.2 Å². The molecule has 3 aliphatic rings. The highest BCUT2D eigenvalue weighted by atomic mass is 35.5. The second-order valence-electron chi connectivity index (χ2n) is 10.7. The zero-order valence-corrected chi connectivity index (χ0v) is 23.6. The average molecular weight is 567 g/mol. The van der Waals surface area contributed by atoms with Crippen LogP contribution in [-0.2, 0) is 19.6 Å². The molecular formula is C26H35ClN4O4S2. The number of sulfonamides is 1. The average Bonchev–Trinajstić information content (AvgIpc) is 3.50. The first-order valence-corrected chi connectivity index (χ1v) is 15.9. The minimum Gasteiger partial charge on any atom is -0.337 e. The van der Waals surface area contributed by atoms with Gasteiger partial charge in [0.15, 0.2) is 0 Å². The first kappa shape index (κ1) is 26.9. The molecule has 4 heterocycles. The third-order valence-electron chi connectivity index (χ3n) is 7.92. The third kappa shape index (κ3) is 6.14. The van der Waals surface area contributed by atoms with E-state index >= 15 is 0 Å². The van der Waals surface area contributed by atoms with Crippen molar-refractivity contribution < 1.29 is 18.0 Å². The van der Waals surface area contributed by atoms with Crippen LogP contribution in [0.15, 0.2) is 28.5 Å². The molecule has 0 bridgehead atoms. The van der Waals surface area contributed by atoms with E-state index in [2.05, 4.69) is 16.5 Å². The number of nitrogens with zero attached hydrogens (tertiary/aromatic N) is 3. The number of halogens is 1. The number of benzene rings is 1. The number of carbonyl (C=O) groups excluding carboxylic acids is 2. The SMILES string of the molecule is CC1CCN(CC2CCCN2C(=O)CN2CCCC(NS(=O)(=O)c3cc4cc(Cl)ccc4s3)C2=O)CC1. The van der Waals surface area contributed by atoms with Gasteiger partial charge in [0.05, 0.1) is 6.54 Å². The predicted octanol–water partition coefficient (Wildman–Crippen LogP) is 3.55. The summed E-state index contributed by atoms with van der Waals surface area (Å²) in [5.74, 6) is 0.407. The van der Waals surface area contributed by atoms with E-state index in [1.807, 2.05) is 4.90 Å². The number of likely N-dealkylation sites (tertiary alicyclic amines) is 3. The van der Waals surface area contributed by atoms with Gasteiger partial charge >= 0.3 is 0 Å². The molecule has 2 atom stereocenters. The number of carbonyl (C=O) groups is 2. The maximum atomic E-state index is 13.3. The van der Waals surface area contributed by atoms with E-state index < -0.39 is 16.1 Å². The molecule has 0 spiro atoms. The zero-order valence-electron chi connectivity index (χ0n) is 21.2. The first-order chi connectivity index (χ1) is 17.7. The summed E-state index contributed by atoms with van der Waals surface area (Å²) in [5, 5.41) is 1.29. The van der Waals surface area contributed by atoms with Crippen molar-refractivity contribution in [3.63, 3.8) is 0 Å². The Morgan fingerprint density at radius 1 is 1.08 bits per heavy atom. The fourth-order valence-corrected chi connectivity index (χ4v) is 8.52. The topological polar surface area (TPSA) is 90.0 Å². The fraction of sp³-hybridized carbons (Fsp3) is 0.615. The van der Waals surface area contributed by atoms with Crippen molar-refractivity contribution in [1.29, 1.82) is 0 Å². The lowest BCUT2D eigenvalue weighted by molar-refractivity contribution is -0.143. The Bertz CT molecular complexity index is 1260. The van der Waals surface area contributed by atoms with Gasteiger partial charge in [-0.25, -0.2) is 8.42 Å². The van der Waals surface area contributed by atoms with Gasteiger partial charge in [0.25, 0.3) is 10.0 Å². The van der Waals surface area contributed by atoms with E-state index in [-0.39, 0.29) is 28.6 Å². The molecule has 8 nitrogen and oxygen atoms in total. The number of fused-ring (bicyclic) bond motifs is 1. The van der Waals surface area contributed by atoms with Crippen LogP contribution in [-0.4, -0.2) is 86.3 Å². The van der Waals surface area contributed by atoms with Crippen LogP contribution in [0, 0.1) is 5.92 Å². The predicted molar refractivity (Wildman–Crippen MR) is 146 cm³/mol. The van der Waals surface area contributed by atoms with Crippen molar-refractivity contribution in [2.24, 2.45) is 5.92 Å². The number of piperidine rings is 2. The fourth-order valence-electron chi connectivity index (χ4n) is 5.72. The minimum atomic E-state index is -3.89. The van der Waals surface area contributed by atoms with Gasteiger partial charge in [-0.2, -0.15) is 4.72 Å². The molecule has 202 valence electrons. The summed E-state index contributed by atoms with van der Waals surface area (Å²) in [6.07, 6.45) is 5.44.